The van der Waals surface area contributed by atoms with Gasteiger partial charge in [0, 0.05) is 13.7 Å². The van der Waals surface area contributed by atoms with E-state index in [9.17, 15) is 9.50 Å². The molecule has 1 rings (SSSR count). The number of aliphatic hydroxyl groups excluding tert-OH is 1. The first-order valence-electron chi connectivity index (χ1n) is 5.76. The molecule has 1 aromatic rings. The van der Waals surface area contributed by atoms with Crippen LogP contribution in [-0.2, 0) is 11.3 Å². The lowest BCUT2D eigenvalue weighted by atomic mass is 10.1. The molecule has 0 saturated carbocycles. The van der Waals surface area contributed by atoms with Gasteiger partial charge in [-0.1, -0.05) is 12.1 Å². The quantitative estimate of drug-likeness (QED) is 0.713. The average molecular weight is 241 g/mol. The number of methoxy groups -OCH3 is 1. The van der Waals surface area contributed by atoms with Crippen molar-refractivity contribution in [3.8, 4) is 0 Å². The molecular formula is C13H20FNO2. The van der Waals surface area contributed by atoms with Gasteiger partial charge in [-0.05, 0) is 37.1 Å². The first-order chi connectivity index (χ1) is 8.13. The Kier molecular flexibility index (Phi) is 6.11. The Balaban J connectivity index is 2.24. The maximum atomic E-state index is 13.2. The molecule has 0 spiro atoms. The summed E-state index contributed by atoms with van der Waals surface area (Å²) in [5, 5.41) is 12.6. The first-order valence-corrected chi connectivity index (χ1v) is 5.76. The maximum absolute atomic E-state index is 13.2. The Morgan fingerprint density at radius 2 is 2.24 bits per heavy atom. The van der Waals surface area contributed by atoms with Crippen LogP contribution in [0.3, 0.4) is 0 Å². The van der Waals surface area contributed by atoms with Gasteiger partial charge in [-0.25, -0.2) is 4.39 Å². The van der Waals surface area contributed by atoms with Crippen LogP contribution < -0.4 is 5.32 Å². The van der Waals surface area contributed by atoms with E-state index in [-0.39, 0.29) is 5.82 Å². The van der Waals surface area contributed by atoms with Crippen molar-refractivity contribution in [1.82, 2.24) is 5.32 Å². The molecule has 3 nitrogen and oxygen atoms in total. The SMILES string of the molecule is COCC(O)CCNCc1ccc(C)c(F)c1. The number of aryl methyl sites for hydroxylation is 1. The molecule has 1 atom stereocenters. The Bertz CT molecular complexity index is 344. The van der Waals surface area contributed by atoms with Crippen LogP contribution in [0, 0.1) is 12.7 Å². The van der Waals surface area contributed by atoms with Crippen LogP contribution in [0.2, 0.25) is 0 Å². The molecule has 0 amide bonds. The third kappa shape index (κ3) is 5.26. The average Bonchev–Trinajstić information content (AvgIpc) is 2.29. The van der Waals surface area contributed by atoms with Gasteiger partial charge in [0.05, 0.1) is 12.7 Å². The molecule has 1 aromatic carbocycles. The molecule has 0 aliphatic rings. The summed E-state index contributed by atoms with van der Waals surface area (Å²) >= 11 is 0. The van der Waals surface area contributed by atoms with Gasteiger partial charge in [0.15, 0.2) is 0 Å². The fourth-order valence-electron chi connectivity index (χ4n) is 1.52. The number of rotatable bonds is 7. The van der Waals surface area contributed by atoms with Gasteiger partial charge in [-0.15, -0.1) is 0 Å². The minimum Gasteiger partial charge on any atom is -0.391 e. The second-order valence-electron chi connectivity index (χ2n) is 4.16. The Hall–Kier alpha value is -0.970. The number of nitrogens with one attached hydrogen (secondary N) is 1. The normalized spacial score (nSPS) is 12.7. The third-order valence-electron chi connectivity index (χ3n) is 2.58. The third-order valence-corrected chi connectivity index (χ3v) is 2.58. The van der Waals surface area contributed by atoms with Gasteiger partial charge < -0.3 is 15.2 Å². The number of hydrogen-bond acceptors (Lipinski definition) is 3. The molecule has 2 N–H and O–H groups in total. The van der Waals surface area contributed by atoms with Crippen LogP contribution >= 0.6 is 0 Å². The molecule has 0 aliphatic carbocycles. The van der Waals surface area contributed by atoms with Crippen LogP contribution in [0.15, 0.2) is 18.2 Å². The zero-order chi connectivity index (χ0) is 12.7. The van der Waals surface area contributed by atoms with E-state index in [4.69, 9.17) is 4.74 Å². The smallest absolute Gasteiger partial charge is 0.126 e. The highest BCUT2D eigenvalue weighted by atomic mass is 19.1. The predicted octanol–water partition coefficient (Wildman–Crippen LogP) is 1.62. The van der Waals surface area contributed by atoms with E-state index in [1.807, 2.05) is 6.07 Å². The number of aliphatic hydroxyl groups is 1. The Morgan fingerprint density at radius 3 is 2.88 bits per heavy atom. The highest BCUT2D eigenvalue weighted by Crippen LogP contribution is 2.08. The molecule has 0 bridgehead atoms. The lowest BCUT2D eigenvalue weighted by Gasteiger charge is -2.10. The fraction of sp³-hybridized carbons (Fsp3) is 0.538. The van der Waals surface area contributed by atoms with E-state index in [1.165, 1.54) is 6.07 Å². The van der Waals surface area contributed by atoms with Gasteiger partial charge in [0.2, 0.25) is 0 Å². The van der Waals surface area contributed by atoms with Crippen molar-refractivity contribution in [1.29, 1.82) is 0 Å². The van der Waals surface area contributed by atoms with Crippen molar-refractivity contribution in [2.45, 2.75) is 26.0 Å². The van der Waals surface area contributed by atoms with Gasteiger partial charge in [-0.3, -0.25) is 0 Å². The number of halogens is 1. The van der Waals surface area contributed by atoms with Crippen LogP contribution in [0.4, 0.5) is 4.39 Å². The van der Waals surface area contributed by atoms with E-state index in [1.54, 1.807) is 20.1 Å². The summed E-state index contributed by atoms with van der Waals surface area (Å²) in [4.78, 5) is 0. The minimum absolute atomic E-state index is 0.177. The molecule has 0 heterocycles. The minimum atomic E-state index is -0.442. The number of benzene rings is 1. The van der Waals surface area contributed by atoms with Crippen molar-refractivity contribution in [2.24, 2.45) is 0 Å². The van der Waals surface area contributed by atoms with Crippen LogP contribution in [0.1, 0.15) is 17.5 Å². The molecule has 96 valence electrons. The molecule has 1 unspecified atom stereocenters. The van der Waals surface area contributed by atoms with E-state index in [2.05, 4.69) is 5.32 Å². The molecule has 0 radical (unpaired) electrons. The van der Waals surface area contributed by atoms with E-state index < -0.39 is 6.10 Å². The molecular weight excluding hydrogens is 221 g/mol. The van der Waals surface area contributed by atoms with E-state index in [0.717, 1.165) is 5.56 Å². The summed E-state index contributed by atoms with van der Waals surface area (Å²) in [6, 6.07) is 5.21. The zero-order valence-corrected chi connectivity index (χ0v) is 10.4. The highest BCUT2D eigenvalue weighted by molar-refractivity contribution is 5.23. The zero-order valence-electron chi connectivity index (χ0n) is 10.4. The van der Waals surface area contributed by atoms with Gasteiger partial charge in [-0.2, -0.15) is 0 Å². The van der Waals surface area contributed by atoms with Gasteiger partial charge in [0.25, 0.3) is 0 Å². The van der Waals surface area contributed by atoms with Crippen molar-refractivity contribution < 1.29 is 14.2 Å². The van der Waals surface area contributed by atoms with Crippen molar-refractivity contribution in [2.75, 3.05) is 20.3 Å². The molecule has 17 heavy (non-hydrogen) atoms. The molecule has 0 aromatic heterocycles. The molecule has 4 heteroatoms. The van der Waals surface area contributed by atoms with Crippen LogP contribution in [0.5, 0.6) is 0 Å². The van der Waals surface area contributed by atoms with Gasteiger partial charge >= 0.3 is 0 Å². The lowest BCUT2D eigenvalue weighted by Crippen LogP contribution is -2.23. The van der Waals surface area contributed by atoms with E-state index in [0.29, 0.717) is 31.7 Å². The van der Waals surface area contributed by atoms with Gasteiger partial charge in [0.1, 0.15) is 5.82 Å². The Labute approximate surface area is 102 Å². The van der Waals surface area contributed by atoms with Crippen molar-refractivity contribution >= 4 is 0 Å². The highest BCUT2D eigenvalue weighted by Gasteiger charge is 2.03. The topological polar surface area (TPSA) is 41.5 Å². The summed E-state index contributed by atoms with van der Waals surface area (Å²) < 4.78 is 18.1. The van der Waals surface area contributed by atoms with Crippen LogP contribution in [0.25, 0.3) is 0 Å². The second kappa shape index (κ2) is 7.37. The van der Waals surface area contributed by atoms with E-state index >= 15 is 0 Å². The second-order valence-corrected chi connectivity index (χ2v) is 4.16. The summed E-state index contributed by atoms with van der Waals surface area (Å²) in [6.07, 6.45) is 0.185. The van der Waals surface area contributed by atoms with Crippen molar-refractivity contribution in [3.63, 3.8) is 0 Å². The van der Waals surface area contributed by atoms with Crippen LogP contribution in [-0.4, -0.2) is 31.5 Å². The lowest BCUT2D eigenvalue weighted by molar-refractivity contribution is 0.0594. The maximum Gasteiger partial charge on any atom is 0.126 e. The standard InChI is InChI=1S/C13H20FNO2/c1-10-3-4-11(7-13(10)14)8-15-6-5-12(16)9-17-2/h3-4,7,12,15-16H,5-6,8-9H2,1-2H3. The summed E-state index contributed by atoms with van der Waals surface area (Å²) in [6.45, 7) is 3.38. The molecule has 0 fully saturated rings. The largest absolute Gasteiger partial charge is 0.391 e. The summed E-state index contributed by atoms with van der Waals surface area (Å²) in [5.41, 5.74) is 1.57. The fourth-order valence-corrected chi connectivity index (χ4v) is 1.52. The predicted molar refractivity (Wildman–Crippen MR) is 65.3 cm³/mol. The molecule has 0 aliphatic heterocycles. The summed E-state index contributed by atoms with van der Waals surface area (Å²) in [5.74, 6) is -0.177. The first kappa shape index (κ1) is 14.1. The summed E-state index contributed by atoms with van der Waals surface area (Å²) in [7, 11) is 1.56. The van der Waals surface area contributed by atoms with Crippen molar-refractivity contribution in [3.05, 3.63) is 35.1 Å². The molecule has 0 saturated heterocycles. The monoisotopic (exact) mass is 241 g/mol. The Morgan fingerprint density at radius 1 is 1.47 bits per heavy atom. The number of ether oxygens (including phenoxy) is 1. The number of hydrogen-bond donors (Lipinski definition) is 2.